The zero-order valence-electron chi connectivity index (χ0n) is 17.7. The fraction of sp³-hybridized carbons (Fsp3) is 0.458. The summed E-state index contributed by atoms with van der Waals surface area (Å²) in [7, 11) is 1.45. The van der Waals surface area contributed by atoms with Gasteiger partial charge >= 0.3 is 5.97 Å². The van der Waals surface area contributed by atoms with Gasteiger partial charge in [-0.25, -0.2) is 0 Å². The van der Waals surface area contributed by atoms with Gasteiger partial charge in [-0.3, -0.25) is 4.79 Å². The summed E-state index contributed by atoms with van der Waals surface area (Å²) in [6.07, 6.45) is 4.36. The van der Waals surface area contributed by atoms with Crippen LogP contribution in [0.5, 0.6) is 5.75 Å². The van der Waals surface area contributed by atoms with Crippen LogP contribution in [0.25, 0.3) is 5.57 Å². The molecule has 1 aromatic carbocycles. The molecule has 0 radical (unpaired) electrons. The number of methoxy groups -OCH3 is 1. The first-order chi connectivity index (χ1) is 14.2. The maximum absolute atomic E-state index is 11.4. The standard InChI is InChI=1S/C24H29NO3S.ClH/c1-3-25-12-9-18(10-13-25)23-20-15-17(5-4-6-22(26)27-2)7-8-21(20)28-16-19-11-14-29-24(19)23;/h7-8,11,14-15H,3-6,9-10,12-13,16H2,1-2H3;1H. The lowest BCUT2D eigenvalue weighted by Gasteiger charge is -2.29. The van der Waals surface area contributed by atoms with Gasteiger partial charge in [0.1, 0.15) is 12.4 Å². The van der Waals surface area contributed by atoms with Crippen LogP contribution in [0.2, 0.25) is 0 Å². The Morgan fingerprint density at radius 1 is 1.23 bits per heavy atom. The number of likely N-dealkylation sites (tertiary alicyclic amines) is 1. The molecule has 162 valence electrons. The summed E-state index contributed by atoms with van der Waals surface area (Å²) in [6.45, 7) is 6.25. The minimum absolute atomic E-state index is 0. The van der Waals surface area contributed by atoms with Gasteiger partial charge in [-0.2, -0.15) is 0 Å². The summed E-state index contributed by atoms with van der Waals surface area (Å²) in [5.74, 6) is 0.836. The number of carbonyl (C=O) groups is 1. The van der Waals surface area contributed by atoms with Crippen molar-refractivity contribution in [2.75, 3.05) is 26.7 Å². The molecule has 4 nitrogen and oxygen atoms in total. The molecule has 0 bridgehead atoms. The second kappa shape index (κ2) is 10.5. The van der Waals surface area contributed by atoms with E-state index in [1.54, 1.807) is 5.57 Å². The lowest BCUT2D eigenvalue weighted by atomic mass is 9.89. The van der Waals surface area contributed by atoms with E-state index >= 15 is 0 Å². The van der Waals surface area contributed by atoms with Crippen molar-refractivity contribution in [1.29, 1.82) is 0 Å². The van der Waals surface area contributed by atoms with E-state index in [2.05, 4.69) is 41.5 Å². The number of benzene rings is 1. The molecule has 0 N–H and O–H groups in total. The normalized spacial score (nSPS) is 16.1. The van der Waals surface area contributed by atoms with Gasteiger partial charge in [0, 0.05) is 41.1 Å². The van der Waals surface area contributed by atoms with E-state index in [1.807, 2.05) is 11.3 Å². The fourth-order valence-corrected chi connectivity index (χ4v) is 5.30. The number of fused-ring (bicyclic) bond motifs is 2. The zero-order valence-corrected chi connectivity index (χ0v) is 19.4. The molecular formula is C24H30ClNO3S. The zero-order chi connectivity index (χ0) is 20.2. The Morgan fingerprint density at radius 3 is 2.77 bits per heavy atom. The Morgan fingerprint density at radius 2 is 2.03 bits per heavy atom. The van der Waals surface area contributed by atoms with Crippen molar-refractivity contribution in [3.8, 4) is 5.75 Å². The number of nitrogens with zero attached hydrogens (tertiary/aromatic N) is 1. The molecule has 1 fully saturated rings. The summed E-state index contributed by atoms with van der Waals surface area (Å²) < 4.78 is 11.0. The summed E-state index contributed by atoms with van der Waals surface area (Å²) in [5.41, 5.74) is 6.71. The highest BCUT2D eigenvalue weighted by molar-refractivity contribution is 7.11. The molecule has 0 saturated carbocycles. The number of carbonyl (C=O) groups excluding carboxylic acids is 1. The van der Waals surface area contributed by atoms with Crippen molar-refractivity contribution in [3.05, 3.63) is 56.8 Å². The van der Waals surface area contributed by atoms with Crippen LogP contribution in [0.4, 0.5) is 0 Å². The molecule has 1 saturated heterocycles. The largest absolute Gasteiger partial charge is 0.488 e. The lowest BCUT2D eigenvalue weighted by molar-refractivity contribution is -0.140. The van der Waals surface area contributed by atoms with Crippen LogP contribution in [0.15, 0.2) is 35.2 Å². The Hall–Kier alpha value is -1.82. The molecule has 0 amide bonds. The quantitative estimate of drug-likeness (QED) is 0.569. The minimum atomic E-state index is -0.142. The van der Waals surface area contributed by atoms with Crippen LogP contribution in [-0.2, 0) is 22.6 Å². The first-order valence-electron chi connectivity index (χ1n) is 10.5. The van der Waals surface area contributed by atoms with E-state index in [1.165, 1.54) is 34.3 Å². The van der Waals surface area contributed by atoms with Crippen molar-refractivity contribution >= 4 is 35.3 Å². The summed E-state index contributed by atoms with van der Waals surface area (Å²) in [5, 5.41) is 2.18. The molecule has 0 aliphatic carbocycles. The first-order valence-corrected chi connectivity index (χ1v) is 11.4. The van der Waals surface area contributed by atoms with Crippen LogP contribution in [0.1, 0.15) is 54.2 Å². The van der Waals surface area contributed by atoms with E-state index < -0.39 is 0 Å². The SMILES string of the molecule is CCN1CCC(=C2c3cc(CCCC(=O)OC)ccc3OCc3ccsc32)CC1.Cl. The van der Waals surface area contributed by atoms with Gasteiger partial charge in [0.2, 0.25) is 0 Å². The van der Waals surface area contributed by atoms with E-state index in [0.29, 0.717) is 13.0 Å². The van der Waals surface area contributed by atoms with Crippen LogP contribution < -0.4 is 4.74 Å². The minimum Gasteiger partial charge on any atom is -0.488 e. The Balaban J connectivity index is 0.00000256. The van der Waals surface area contributed by atoms with Gasteiger partial charge in [-0.15, -0.1) is 23.7 Å². The van der Waals surface area contributed by atoms with E-state index in [-0.39, 0.29) is 18.4 Å². The van der Waals surface area contributed by atoms with Gasteiger partial charge in [0.05, 0.1) is 7.11 Å². The fourth-order valence-electron chi connectivity index (χ4n) is 4.28. The topological polar surface area (TPSA) is 38.8 Å². The Bertz CT molecular complexity index is 911. The second-order valence-corrected chi connectivity index (χ2v) is 8.65. The van der Waals surface area contributed by atoms with Crippen molar-refractivity contribution in [3.63, 3.8) is 0 Å². The van der Waals surface area contributed by atoms with Crippen LogP contribution >= 0.6 is 23.7 Å². The number of esters is 1. The van der Waals surface area contributed by atoms with Crippen molar-refractivity contribution in [1.82, 2.24) is 4.90 Å². The molecule has 2 aromatic rings. The van der Waals surface area contributed by atoms with Crippen LogP contribution in [0, 0.1) is 0 Å². The van der Waals surface area contributed by atoms with Crippen LogP contribution in [-0.4, -0.2) is 37.6 Å². The Labute approximate surface area is 189 Å². The van der Waals surface area contributed by atoms with Crippen molar-refractivity contribution in [2.45, 2.75) is 45.6 Å². The third kappa shape index (κ3) is 4.90. The number of aryl methyl sites for hydroxylation is 1. The lowest BCUT2D eigenvalue weighted by Crippen LogP contribution is -2.30. The monoisotopic (exact) mass is 447 g/mol. The van der Waals surface area contributed by atoms with Crippen LogP contribution in [0.3, 0.4) is 0 Å². The predicted molar refractivity (Wildman–Crippen MR) is 125 cm³/mol. The number of thiophene rings is 1. The average molecular weight is 448 g/mol. The van der Waals surface area contributed by atoms with E-state index in [0.717, 1.165) is 51.1 Å². The maximum Gasteiger partial charge on any atom is 0.305 e. The highest BCUT2D eigenvalue weighted by Gasteiger charge is 2.25. The first kappa shape index (κ1) is 22.9. The molecule has 3 heterocycles. The van der Waals surface area contributed by atoms with Gasteiger partial charge < -0.3 is 14.4 Å². The average Bonchev–Trinajstić information content (AvgIpc) is 3.16. The molecular weight excluding hydrogens is 418 g/mol. The van der Waals surface area contributed by atoms with Gasteiger partial charge in [-0.1, -0.05) is 18.6 Å². The highest BCUT2D eigenvalue weighted by atomic mass is 35.5. The molecule has 0 spiro atoms. The van der Waals surface area contributed by atoms with Gasteiger partial charge in [0.25, 0.3) is 0 Å². The van der Waals surface area contributed by atoms with Gasteiger partial charge in [-0.05, 0) is 61.4 Å². The van der Waals surface area contributed by atoms with Crippen molar-refractivity contribution in [2.24, 2.45) is 0 Å². The van der Waals surface area contributed by atoms with E-state index in [4.69, 9.17) is 9.47 Å². The second-order valence-electron chi connectivity index (χ2n) is 7.74. The van der Waals surface area contributed by atoms with E-state index in [9.17, 15) is 4.79 Å². The summed E-state index contributed by atoms with van der Waals surface area (Å²) in [4.78, 5) is 15.3. The molecule has 2 aliphatic heterocycles. The molecule has 4 rings (SSSR count). The highest BCUT2D eigenvalue weighted by Crippen LogP contribution is 2.43. The number of hydrogen-bond acceptors (Lipinski definition) is 5. The molecule has 2 aliphatic rings. The molecule has 6 heteroatoms. The summed E-state index contributed by atoms with van der Waals surface area (Å²) >= 11 is 1.83. The van der Waals surface area contributed by atoms with Gasteiger partial charge in [0.15, 0.2) is 0 Å². The number of rotatable bonds is 5. The number of ether oxygens (including phenoxy) is 2. The molecule has 0 unspecified atom stereocenters. The Kier molecular flexibility index (Phi) is 7.98. The molecule has 1 aromatic heterocycles. The third-order valence-corrected chi connectivity index (χ3v) is 6.98. The number of piperidine rings is 1. The predicted octanol–water partition coefficient (Wildman–Crippen LogP) is 5.48. The number of hydrogen-bond donors (Lipinski definition) is 0. The molecule has 0 atom stereocenters. The van der Waals surface area contributed by atoms with Crippen molar-refractivity contribution < 1.29 is 14.3 Å². The summed E-state index contributed by atoms with van der Waals surface area (Å²) in [6, 6.07) is 8.74. The number of halogens is 1. The maximum atomic E-state index is 11.4. The smallest absolute Gasteiger partial charge is 0.305 e. The third-order valence-electron chi connectivity index (χ3n) is 6.00. The molecule has 30 heavy (non-hydrogen) atoms.